The van der Waals surface area contributed by atoms with Crippen molar-refractivity contribution in [2.75, 3.05) is 18.5 Å². The third-order valence-electron chi connectivity index (χ3n) is 2.87. The number of alkyl halides is 3. The molecule has 0 aliphatic carbocycles. The van der Waals surface area contributed by atoms with Gasteiger partial charge in [-0.15, -0.1) is 0 Å². The van der Waals surface area contributed by atoms with Gasteiger partial charge in [0.1, 0.15) is 5.75 Å². The van der Waals surface area contributed by atoms with Crippen LogP contribution in [0.15, 0.2) is 24.3 Å². The van der Waals surface area contributed by atoms with Gasteiger partial charge in [-0.3, -0.25) is 0 Å². The van der Waals surface area contributed by atoms with Crippen molar-refractivity contribution in [2.24, 2.45) is 0 Å². The van der Waals surface area contributed by atoms with Crippen LogP contribution in [0.4, 0.5) is 18.9 Å². The number of rotatable bonds is 9. The van der Waals surface area contributed by atoms with Crippen LogP contribution in [-0.2, 0) is 0 Å². The Balaban J connectivity index is 2.37. The maximum atomic E-state index is 12.2. The maximum absolute atomic E-state index is 12.2. The van der Waals surface area contributed by atoms with Crippen LogP contribution in [0.3, 0.4) is 0 Å². The standard InChI is InChI=1S/C15H22F3NO/c1-2-3-4-5-8-11-19-13-9-6-7-10-14(13)20-12-15(16,17)18/h6-7,9-10,19H,2-5,8,11-12H2,1H3. The highest BCUT2D eigenvalue weighted by Gasteiger charge is 2.28. The summed E-state index contributed by atoms with van der Waals surface area (Å²) in [7, 11) is 0. The third-order valence-corrected chi connectivity index (χ3v) is 2.87. The summed E-state index contributed by atoms with van der Waals surface area (Å²) in [6.07, 6.45) is 1.45. The van der Waals surface area contributed by atoms with Gasteiger partial charge in [0, 0.05) is 6.54 Å². The number of para-hydroxylation sites is 2. The summed E-state index contributed by atoms with van der Waals surface area (Å²) < 4.78 is 41.3. The monoisotopic (exact) mass is 289 g/mol. The number of anilines is 1. The Morgan fingerprint density at radius 2 is 1.75 bits per heavy atom. The molecule has 0 saturated carbocycles. The van der Waals surface area contributed by atoms with Gasteiger partial charge in [-0.2, -0.15) is 13.2 Å². The van der Waals surface area contributed by atoms with Crippen molar-refractivity contribution in [1.29, 1.82) is 0 Å². The van der Waals surface area contributed by atoms with E-state index in [1.54, 1.807) is 24.3 Å². The van der Waals surface area contributed by atoms with Gasteiger partial charge in [-0.05, 0) is 18.6 Å². The molecule has 0 aromatic heterocycles. The number of ether oxygens (including phenoxy) is 1. The highest BCUT2D eigenvalue weighted by molar-refractivity contribution is 5.56. The minimum Gasteiger partial charge on any atom is -0.482 e. The second kappa shape index (κ2) is 8.72. The summed E-state index contributed by atoms with van der Waals surface area (Å²) in [5, 5.41) is 3.13. The van der Waals surface area contributed by atoms with E-state index >= 15 is 0 Å². The van der Waals surface area contributed by atoms with Crippen molar-refractivity contribution in [3.63, 3.8) is 0 Å². The minimum absolute atomic E-state index is 0.249. The Hall–Kier alpha value is -1.39. The molecule has 1 aromatic rings. The van der Waals surface area contributed by atoms with Crippen LogP contribution in [0.5, 0.6) is 5.75 Å². The largest absolute Gasteiger partial charge is 0.482 e. The van der Waals surface area contributed by atoms with E-state index in [0.717, 1.165) is 19.4 Å². The van der Waals surface area contributed by atoms with Crippen LogP contribution >= 0.6 is 0 Å². The Morgan fingerprint density at radius 1 is 1.05 bits per heavy atom. The zero-order valence-electron chi connectivity index (χ0n) is 11.8. The summed E-state index contributed by atoms with van der Waals surface area (Å²) in [6, 6.07) is 6.72. The zero-order chi connectivity index (χ0) is 14.8. The average molecular weight is 289 g/mol. The van der Waals surface area contributed by atoms with Crippen LogP contribution < -0.4 is 10.1 Å². The van der Waals surface area contributed by atoms with Crippen LogP contribution in [0, 0.1) is 0 Å². The molecule has 0 saturated heterocycles. The summed E-state index contributed by atoms with van der Waals surface area (Å²) in [5.74, 6) is 0.249. The Morgan fingerprint density at radius 3 is 2.45 bits per heavy atom. The van der Waals surface area contributed by atoms with E-state index in [0.29, 0.717) is 5.69 Å². The fraction of sp³-hybridized carbons (Fsp3) is 0.600. The van der Waals surface area contributed by atoms with Gasteiger partial charge in [0.15, 0.2) is 6.61 Å². The molecule has 0 radical (unpaired) electrons. The molecule has 0 amide bonds. The lowest BCUT2D eigenvalue weighted by Gasteiger charge is -2.14. The predicted octanol–water partition coefficient (Wildman–Crippen LogP) is 5.01. The van der Waals surface area contributed by atoms with Crippen molar-refractivity contribution in [2.45, 2.75) is 45.2 Å². The highest BCUT2D eigenvalue weighted by Crippen LogP contribution is 2.26. The quantitative estimate of drug-likeness (QED) is 0.645. The molecule has 0 aliphatic heterocycles. The lowest BCUT2D eigenvalue weighted by Crippen LogP contribution is -2.19. The van der Waals surface area contributed by atoms with Crippen LogP contribution in [0.2, 0.25) is 0 Å². The molecule has 0 bridgehead atoms. The summed E-state index contributed by atoms with van der Waals surface area (Å²) in [4.78, 5) is 0. The van der Waals surface area contributed by atoms with Gasteiger partial charge in [-0.25, -0.2) is 0 Å². The number of benzene rings is 1. The second-order valence-corrected chi connectivity index (χ2v) is 4.74. The highest BCUT2D eigenvalue weighted by atomic mass is 19.4. The van der Waals surface area contributed by atoms with Gasteiger partial charge in [0.25, 0.3) is 0 Å². The van der Waals surface area contributed by atoms with E-state index in [-0.39, 0.29) is 5.75 Å². The summed E-state index contributed by atoms with van der Waals surface area (Å²) in [6.45, 7) is 1.64. The first-order valence-electron chi connectivity index (χ1n) is 7.05. The number of hydrogen-bond donors (Lipinski definition) is 1. The van der Waals surface area contributed by atoms with Gasteiger partial charge in [0.2, 0.25) is 0 Å². The van der Waals surface area contributed by atoms with E-state index in [1.165, 1.54) is 19.3 Å². The van der Waals surface area contributed by atoms with Gasteiger partial charge in [-0.1, -0.05) is 44.7 Å². The van der Waals surface area contributed by atoms with Gasteiger partial charge < -0.3 is 10.1 Å². The number of unbranched alkanes of at least 4 members (excludes halogenated alkanes) is 4. The van der Waals surface area contributed by atoms with E-state index < -0.39 is 12.8 Å². The predicted molar refractivity (Wildman–Crippen MR) is 75.2 cm³/mol. The first-order chi connectivity index (χ1) is 9.53. The Labute approximate surface area is 118 Å². The van der Waals surface area contributed by atoms with Crippen LogP contribution in [-0.4, -0.2) is 19.3 Å². The lowest BCUT2D eigenvalue weighted by molar-refractivity contribution is -0.153. The molecule has 0 spiro atoms. The summed E-state index contributed by atoms with van der Waals surface area (Å²) in [5.41, 5.74) is 0.618. The summed E-state index contributed by atoms with van der Waals surface area (Å²) >= 11 is 0. The molecule has 1 rings (SSSR count). The molecule has 1 aromatic carbocycles. The van der Waals surface area contributed by atoms with Gasteiger partial charge >= 0.3 is 6.18 Å². The number of halogens is 3. The Bertz CT molecular complexity index is 380. The van der Waals surface area contributed by atoms with Gasteiger partial charge in [0.05, 0.1) is 5.69 Å². The molecule has 0 aliphatic rings. The molecule has 114 valence electrons. The maximum Gasteiger partial charge on any atom is 0.422 e. The zero-order valence-corrected chi connectivity index (χ0v) is 11.8. The fourth-order valence-corrected chi connectivity index (χ4v) is 1.85. The molecule has 20 heavy (non-hydrogen) atoms. The second-order valence-electron chi connectivity index (χ2n) is 4.74. The van der Waals surface area contributed by atoms with Crippen molar-refractivity contribution in [3.8, 4) is 5.75 Å². The minimum atomic E-state index is -4.31. The third kappa shape index (κ3) is 7.26. The van der Waals surface area contributed by atoms with Crippen LogP contribution in [0.1, 0.15) is 39.0 Å². The molecule has 2 nitrogen and oxygen atoms in total. The molecule has 1 N–H and O–H groups in total. The van der Waals surface area contributed by atoms with Crippen molar-refractivity contribution < 1.29 is 17.9 Å². The van der Waals surface area contributed by atoms with E-state index in [9.17, 15) is 13.2 Å². The molecular formula is C15H22F3NO. The molecule has 0 fully saturated rings. The molecule has 0 unspecified atom stereocenters. The topological polar surface area (TPSA) is 21.3 Å². The molecule has 0 heterocycles. The average Bonchev–Trinajstić information content (AvgIpc) is 2.40. The van der Waals surface area contributed by atoms with Crippen molar-refractivity contribution in [3.05, 3.63) is 24.3 Å². The van der Waals surface area contributed by atoms with Crippen LogP contribution in [0.25, 0.3) is 0 Å². The Kier molecular flexibility index (Phi) is 7.26. The molecular weight excluding hydrogens is 267 g/mol. The first-order valence-corrected chi connectivity index (χ1v) is 7.05. The van der Waals surface area contributed by atoms with E-state index in [1.807, 2.05) is 0 Å². The first kappa shape index (κ1) is 16.7. The SMILES string of the molecule is CCCCCCCNc1ccccc1OCC(F)(F)F. The molecule has 0 atom stereocenters. The van der Waals surface area contributed by atoms with Crippen molar-refractivity contribution >= 4 is 5.69 Å². The van der Waals surface area contributed by atoms with E-state index in [2.05, 4.69) is 12.2 Å². The molecule has 5 heteroatoms. The number of hydrogen-bond acceptors (Lipinski definition) is 2. The van der Waals surface area contributed by atoms with Crippen molar-refractivity contribution in [1.82, 2.24) is 0 Å². The smallest absolute Gasteiger partial charge is 0.422 e. The lowest BCUT2D eigenvalue weighted by atomic mass is 10.1. The number of nitrogens with one attached hydrogen (secondary N) is 1. The van der Waals surface area contributed by atoms with E-state index in [4.69, 9.17) is 4.74 Å². The normalized spacial score (nSPS) is 11.4. The fourth-order valence-electron chi connectivity index (χ4n) is 1.85.